The van der Waals surface area contributed by atoms with Crippen molar-refractivity contribution in [3.05, 3.63) is 41.6 Å². The summed E-state index contributed by atoms with van der Waals surface area (Å²) in [6.45, 7) is 12.9. The first-order valence-electron chi connectivity index (χ1n) is 10.9. The third-order valence-corrected chi connectivity index (χ3v) is 5.85. The van der Waals surface area contributed by atoms with Crippen LogP contribution in [0, 0.1) is 6.92 Å². The van der Waals surface area contributed by atoms with Crippen molar-refractivity contribution in [1.82, 2.24) is 19.6 Å². The summed E-state index contributed by atoms with van der Waals surface area (Å²) >= 11 is 0. The van der Waals surface area contributed by atoms with E-state index < -0.39 is 0 Å². The highest BCUT2D eigenvalue weighted by Gasteiger charge is 2.26. The molecule has 1 saturated heterocycles. The molecule has 3 rings (SSSR count). The van der Waals surface area contributed by atoms with Gasteiger partial charge in [0.1, 0.15) is 5.82 Å². The summed E-state index contributed by atoms with van der Waals surface area (Å²) < 4.78 is 7.24. The van der Waals surface area contributed by atoms with Crippen molar-refractivity contribution in [2.45, 2.75) is 33.7 Å². The number of hydrogen-bond acceptors (Lipinski definition) is 5. The van der Waals surface area contributed by atoms with Crippen LogP contribution >= 0.6 is 0 Å². The number of benzene rings is 1. The number of methoxy groups -OCH3 is 1. The monoisotopic (exact) mass is 413 g/mol. The molecule has 0 spiro atoms. The maximum atomic E-state index is 12.3. The zero-order valence-corrected chi connectivity index (χ0v) is 18.8. The lowest BCUT2D eigenvalue weighted by atomic mass is 10.1. The van der Waals surface area contributed by atoms with Gasteiger partial charge in [0.05, 0.1) is 17.9 Å². The molecule has 2 heterocycles. The second-order valence-electron chi connectivity index (χ2n) is 7.84. The second-order valence-corrected chi connectivity index (χ2v) is 7.84. The number of piperazine rings is 1. The fraction of sp³-hybridized carbons (Fsp3) is 0.565. The molecule has 0 unspecified atom stereocenters. The molecule has 0 radical (unpaired) electrons. The summed E-state index contributed by atoms with van der Waals surface area (Å²) in [5.41, 5.74) is 3.16. The maximum Gasteiger partial charge on any atom is 0.219 e. The summed E-state index contributed by atoms with van der Waals surface area (Å²) in [6.07, 6.45) is 0.826. The van der Waals surface area contributed by atoms with Crippen molar-refractivity contribution in [2.24, 2.45) is 0 Å². The van der Waals surface area contributed by atoms with Gasteiger partial charge < -0.3 is 19.4 Å². The van der Waals surface area contributed by atoms with Crippen LogP contribution < -0.4 is 4.90 Å². The van der Waals surface area contributed by atoms with Gasteiger partial charge in [-0.05, 0) is 32.0 Å². The van der Waals surface area contributed by atoms with Crippen molar-refractivity contribution in [3.8, 4) is 5.69 Å². The molecule has 164 valence electrons. The summed E-state index contributed by atoms with van der Waals surface area (Å²) in [5, 5.41) is 4.90. The van der Waals surface area contributed by atoms with Gasteiger partial charge in [0.15, 0.2) is 0 Å². The molecule has 7 heteroatoms. The Labute approximate surface area is 180 Å². The molecule has 2 aromatic rings. The van der Waals surface area contributed by atoms with Crippen LogP contribution in [-0.4, -0.2) is 78.5 Å². The molecule has 0 N–H and O–H groups in total. The zero-order valence-electron chi connectivity index (χ0n) is 18.8. The van der Waals surface area contributed by atoms with E-state index in [2.05, 4.69) is 33.5 Å². The van der Waals surface area contributed by atoms with E-state index in [1.807, 2.05) is 30.0 Å². The summed E-state index contributed by atoms with van der Waals surface area (Å²) in [6, 6.07) is 10.3. The van der Waals surface area contributed by atoms with E-state index in [0.29, 0.717) is 19.7 Å². The fourth-order valence-corrected chi connectivity index (χ4v) is 4.02. The van der Waals surface area contributed by atoms with Crippen molar-refractivity contribution in [3.63, 3.8) is 0 Å². The van der Waals surface area contributed by atoms with Crippen molar-refractivity contribution >= 4 is 11.7 Å². The van der Waals surface area contributed by atoms with Gasteiger partial charge in [-0.25, -0.2) is 4.68 Å². The number of hydrogen-bond donors (Lipinski definition) is 0. The van der Waals surface area contributed by atoms with E-state index in [1.54, 1.807) is 14.0 Å². The van der Waals surface area contributed by atoms with Crippen LogP contribution in [0.5, 0.6) is 0 Å². The van der Waals surface area contributed by atoms with Gasteiger partial charge in [-0.1, -0.05) is 25.1 Å². The Morgan fingerprint density at radius 2 is 1.87 bits per heavy atom. The number of para-hydroxylation sites is 1. The predicted molar refractivity (Wildman–Crippen MR) is 120 cm³/mol. The Morgan fingerprint density at radius 1 is 1.17 bits per heavy atom. The van der Waals surface area contributed by atoms with Gasteiger partial charge in [-0.2, -0.15) is 5.10 Å². The average molecular weight is 414 g/mol. The first kappa shape index (κ1) is 22.3. The SMILES string of the molecule is CCN1CCN(c2c(CN(CCCOC)C(C)=O)c(C)nn2-c2ccccc2)CC1. The van der Waals surface area contributed by atoms with Crippen LogP contribution in [0.25, 0.3) is 5.69 Å². The van der Waals surface area contributed by atoms with Gasteiger partial charge in [0, 0.05) is 58.9 Å². The van der Waals surface area contributed by atoms with Crippen LogP contribution in [0.15, 0.2) is 30.3 Å². The Morgan fingerprint density at radius 3 is 2.47 bits per heavy atom. The van der Waals surface area contributed by atoms with Gasteiger partial charge in [-0.3, -0.25) is 4.79 Å². The smallest absolute Gasteiger partial charge is 0.219 e. The number of carbonyl (C=O) groups is 1. The minimum atomic E-state index is 0.0831. The van der Waals surface area contributed by atoms with Crippen LogP contribution in [0.2, 0.25) is 0 Å². The van der Waals surface area contributed by atoms with E-state index in [1.165, 1.54) is 0 Å². The number of aromatic nitrogens is 2. The number of nitrogens with zero attached hydrogens (tertiary/aromatic N) is 5. The molecule has 1 aliphatic rings. The fourth-order valence-electron chi connectivity index (χ4n) is 4.02. The van der Waals surface area contributed by atoms with Crippen LogP contribution in [0.1, 0.15) is 31.5 Å². The van der Waals surface area contributed by atoms with Crippen molar-refractivity contribution < 1.29 is 9.53 Å². The second kappa shape index (κ2) is 10.6. The molecule has 0 aliphatic carbocycles. The molecule has 1 aromatic heterocycles. The number of ether oxygens (including phenoxy) is 1. The van der Waals surface area contributed by atoms with E-state index >= 15 is 0 Å². The maximum absolute atomic E-state index is 12.3. The lowest BCUT2D eigenvalue weighted by Gasteiger charge is -2.36. The Balaban J connectivity index is 1.95. The zero-order chi connectivity index (χ0) is 21.5. The summed E-state index contributed by atoms with van der Waals surface area (Å²) in [4.78, 5) is 19.1. The van der Waals surface area contributed by atoms with Crippen molar-refractivity contribution in [1.29, 1.82) is 0 Å². The van der Waals surface area contributed by atoms with Crippen molar-refractivity contribution in [2.75, 3.05) is 57.9 Å². The standard InChI is InChI=1S/C23H35N5O2/c1-5-25-13-15-26(16-14-25)23-22(18-27(20(3)29)12-9-17-30-4)19(2)24-28(23)21-10-7-6-8-11-21/h6-8,10-11H,5,9,12-18H2,1-4H3. The molecular weight excluding hydrogens is 378 g/mol. The Bertz CT molecular complexity index is 813. The minimum absolute atomic E-state index is 0.0831. The van der Waals surface area contributed by atoms with E-state index in [9.17, 15) is 4.79 Å². The third-order valence-electron chi connectivity index (χ3n) is 5.85. The molecule has 30 heavy (non-hydrogen) atoms. The Hall–Kier alpha value is -2.38. The third kappa shape index (κ3) is 5.21. The highest BCUT2D eigenvalue weighted by molar-refractivity contribution is 5.73. The molecule has 1 aromatic carbocycles. The highest BCUT2D eigenvalue weighted by atomic mass is 16.5. The lowest BCUT2D eigenvalue weighted by molar-refractivity contribution is -0.129. The quantitative estimate of drug-likeness (QED) is 0.592. The van der Waals surface area contributed by atoms with Gasteiger partial charge in [0.2, 0.25) is 5.91 Å². The lowest BCUT2D eigenvalue weighted by Crippen LogP contribution is -2.47. The van der Waals surface area contributed by atoms with E-state index in [0.717, 1.165) is 61.9 Å². The number of aryl methyl sites for hydroxylation is 1. The van der Waals surface area contributed by atoms with E-state index in [-0.39, 0.29) is 5.91 Å². The van der Waals surface area contributed by atoms with Gasteiger partial charge in [0.25, 0.3) is 0 Å². The van der Waals surface area contributed by atoms with Gasteiger partial charge >= 0.3 is 0 Å². The molecular formula is C23H35N5O2. The highest BCUT2D eigenvalue weighted by Crippen LogP contribution is 2.29. The number of likely N-dealkylation sites (N-methyl/N-ethyl adjacent to an activating group) is 1. The summed E-state index contributed by atoms with van der Waals surface area (Å²) in [7, 11) is 1.69. The first-order valence-corrected chi connectivity index (χ1v) is 10.9. The first-order chi connectivity index (χ1) is 14.5. The van der Waals surface area contributed by atoms with Crippen LogP contribution in [0.3, 0.4) is 0 Å². The average Bonchev–Trinajstić information content (AvgIpc) is 3.09. The van der Waals surface area contributed by atoms with Crippen LogP contribution in [-0.2, 0) is 16.1 Å². The molecule has 1 aliphatic heterocycles. The largest absolute Gasteiger partial charge is 0.385 e. The minimum Gasteiger partial charge on any atom is -0.385 e. The normalized spacial score (nSPS) is 14.9. The number of amides is 1. The molecule has 0 bridgehead atoms. The molecule has 0 saturated carbocycles. The molecule has 7 nitrogen and oxygen atoms in total. The topological polar surface area (TPSA) is 53.8 Å². The summed E-state index contributed by atoms with van der Waals surface area (Å²) in [5.74, 6) is 1.20. The predicted octanol–water partition coefficient (Wildman–Crippen LogP) is 2.71. The number of anilines is 1. The molecule has 1 fully saturated rings. The Kier molecular flexibility index (Phi) is 7.87. The van der Waals surface area contributed by atoms with E-state index in [4.69, 9.17) is 9.84 Å². The van der Waals surface area contributed by atoms with Crippen LogP contribution in [0.4, 0.5) is 5.82 Å². The molecule has 0 atom stereocenters. The van der Waals surface area contributed by atoms with Gasteiger partial charge in [-0.15, -0.1) is 0 Å². The molecule has 1 amide bonds. The number of carbonyl (C=O) groups excluding carboxylic acids is 1. The number of rotatable bonds is 9.